The van der Waals surface area contributed by atoms with Gasteiger partial charge in [0.2, 0.25) is 11.8 Å². The highest BCUT2D eigenvalue weighted by molar-refractivity contribution is 6.15. The predicted octanol–water partition coefficient (Wildman–Crippen LogP) is -0.00520. The zero-order chi connectivity index (χ0) is 13.4. The Morgan fingerprint density at radius 2 is 1.33 bits per heavy atom. The molecule has 2 aliphatic rings. The fourth-order valence-electron chi connectivity index (χ4n) is 2.70. The standard InChI is InChI=1S/C12H19N3O3/c1-13-6-4-8(5-7-13)9-10(16)14(2)12(18)15(3)11(9)17/h8-9H,4-7H2,1-3H3. The van der Waals surface area contributed by atoms with Gasteiger partial charge in [0.05, 0.1) is 0 Å². The maximum absolute atomic E-state index is 12.1. The lowest BCUT2D eigenvalue weighted by Crippen LogP contribution is -2.59. The van der Waals surface area contributed by atoms with Crippen LogP contribution >= 0.6 is 0 Å². The summed E-state index contributed by atoms with van der Waals surface area (Å²) in [7, 11) is 4.91. The molecule has 0 unspecified atom stereocenters. The zero-order valence-corrected chi connectivity index (χ0v) is 11.0. The lowest BCUT2D eigenvalue weighted by Gasteiger charge is -2.39. The van der Waals surface area contributed by atoms with Gasteiger partial charge in [-0.15, -0.1) is 0 Å². The molecular weight excluding hydrogens is 234 g/mol. The van der Waals surface area contributed by atoms with Gasteiger partial charge in [-0.2, -0.15) is 0 Å². The van der Waals surface area contributed by atoms with E-state index in [0.29, 0.717) is 0 Å². The molecule has 0 N–H and O–H groups in total. The molecule has 0 saturated carbocycles. The lowest BCUT2D eigenvalue weighted by atomic mass is 9.82. The first kappa shape index (κ1) is 13.0. The van der Waals surface area contributed by atoms with Gasteiger partial charge in [-0.05, 0) is 38.9 Å². The summed E-state index contributed by atoms with van der Waals surface area (Å²) in [4.78, 5) is 40.2. The molecule has 0 aliphatic carbocycles. The molecule has 0 radical (unpaired) electrons. The molecule has 0 aromatic rings. The van der Waals surface area contributed by atoms with Crippen molar-refractivity contribution >= 4 is 17.8 Å². The van der Waals surface area contributed by atoms with Crippen LogP contribution in [0.25, 0.3) is 0 Å². The third-order valence-electron chi connectivity index (χ3n) is 4.00. The smallest absolute Gasteiger partial charge is 0.306 e. The summed E-state index contributed by atoms with van der Waals surface area (Å²) in [6, 6.07) is -0.533. The topological polar surface area (TPSA) is 60.9 Å². The van der Waals surface area contributed by atoms with Crippen LogP contribution in [-0.2, 0) is 9.59 Å². The van der Waals surface area contributed by atoms with Gasteiger partial charge in [0, 0.05) is 14.1 Å². The maximum Gasteiger partial charge on any atom is 0.332 e. The van der Waals surface area contributed by atoms with Crippen LogP contribution in [0.2, 0.25) is 0 Å². The van der Waals surface area contributed by atoms with Gasteiger partial charge in [0.15, 0.2) is 0 Å². The van der Waals surface area contributed by atoms with E-state index in [1.54, 1.807) is 0 Å². The second-order valence-corrected chi connectivity index (χ2v) is 5.20. The fourth-order valence-corrected chi connectivity index (χ4v) is 2.70. The van der Waals surface area contributed by atoms with Crippen LogP contribution in [0.1, 0.15) is 12.8 Å². The molecule has 0 spiro atoms. The summed E-state index contributed by atoms with van der Waals surface area (Å²) in [5.41, 5.74) is 0. The predicted molar refractivity (Wildman–Crippen MR) is 64.6 cm³/mol. The van der Waals surface area contributed by atoms with Gasteiger partial charge in [0.1, 0.15) is 5.92 Å². The lowest BCUT2D eigenvalue weighted by molar-refractivity contribution is -0.151. The summed E-state index contributed by atoms with van der Waals surface area (Å²) in [5, 5.41) is 0. The van der Waals surface area contributed by atoms with Crippen LogP contribution in [0.4, 0.5) is 4.79 Å². The number of carbonyl (C=O) groups is 3. The summed E-state index contributed by atoms with van der Waals surface area (Å²) in [6.07, 6.45) is 1.66. The number of urea groups is 1. The second kappa shape index (κ2) is 4.68. The van der Waals surface area contributed by atoms with E-state index in [9.17, 15) is 14.4 Å². The molecule has 2 saturated heterocycles. The minimum Gasteiger partial charge on any atom is -0.306 e. The summed E-state index contributed by atoms with van der Waals surface area (Å²) in [6.45, 7) is 1.78. The molecule has 6 nitrogen and oxygen atoms in total. The number of piperidine rings is 1. The number of imide groups is 2. The minimum atomic E-state index is -0.675. The van der Waals surface area contributed by atoms with Gasteiger partial charge in [-0.1, -0.05) is 0 Å². The Bertz CT molecular complexity index is 364. The Morgan fingerprint density at radius 1 is 0.889 bits per heavy atom. The molecule has 2 heterocycles. The van der Waals surface area contributed by atoms with E-state index in [1.807, 2.05) is 7.05 Å². The number of hydrogen-bond acceptors (Lipinski definition) is 4. The highest BCUT2D eigenvalue weighted by atomic mass is 16.2. The first-order chi connectivity index (χ1) is 8.43. The molecule has 0 aromatic carbocycles. The van der Waals surface area contributed by atoms with Crippen molar-refractivity contribution in [3.8, 4) is 0 Å². The summed E-state index contributed by atoms with van der Waals surface area (Å²) >= 11 is 0. The van der Waals surface area contributed by atoms with Crippen LogP contribution in [0.15, 0.2) is 0 Å². The normalized spacial score (nSPS) is 25.2. The van der Waals surface area contributed by atoms with Crippen molar-refractivity contribution in [3.05, 3.63) is 0 Å². The van der Waals surface area contributed by atoms with Crippen molar-refractivity contribution in [2.75, 3.05) is 34.2 Å². The van der Waals surface area contributed by atoms with Gasteiger partial charge in [-0.3, -0.25) is 19.4 Å². The number of hydrogen-bond donors (Lipinski definition) is 0. The number of barbiturate groups is 1. The van der Waals surface area contributed by atoms with Crippen LogP contribution in [-0.4, -0.2) is 66.8 Å². The molecule has 2 fully saturated rings. The third-order valence-corrected chi connectivity index (χ3v) is 4.00. The van der Waals surface area contributed by atoms with Crippen LogP contribution in [0.3, 0.4) is 0 Å². The van der Waals surface area contributed by atoms with E-state index >= 15 is 0 Å². The van der Waals surface area contributed by atoms with E-state index in [2.05, 4.69) is 4.90 Å². The van der Waals surface area contributed by atoms with E-state index in [-0.39, 0.29) is 17.7 Å². The van der Waals surface area contributed by atoms with E-state index in [4.69, 9.17) is 0 Å². The largest absolute Gasteiger partial charge is 0.332 e. The summed E-state index contributed by atoms with van der Waals surface area (Å²) < 4.78 is 0. The molecule has 18 heavy (non-hydrogen) atoms. The number of amides is 4. The molecule has 4 amide bonds. The van der Waals surface area contributed by atoms with Crippen molar-refractivity contribution in [2.24, 2.45) is 11.8 Å². The molecule has 100 valence electrons. The van der Waals surface area contributed by atoms with Gasteiger partial charge in [-0.25, -0.2) is 4.79 Å². The van der Waals surface area contributed by atoms with Crippen molar-refractivity contribution in [3.63, 3.8) is 0 Å². The Balaban J connectivity index is 2.18. The van der Waals surface area contributed by atoms with Gasteiger partial charge < -0.3 is 4.90 Å². The first-order valence-corrected chi connectivity index (χ1v) is 6.21. The molecule has 6 heteroatoms. The SMILES string of the molecule is CN1CCC(C2C(=O)N(C)C(=O)N(C)C2=O)CC1. The van der Waals surface area contributed by atoms with Gasteiger partial charge in [0.25, 0.3) is 0 Å². The average Bonchev–Trinajstić information content (AvgIpc) is 2.36. The van der Waals surface area contributed by atoms with Crippen molar-refractivity contribution in [1.29, 1.82) is 0 Å². The van der Waals surface area contributed by atoms with Crippen molar-refractivity contribution < 1.29 is 14.4 Å². The van der Waals surface area contributed by atoms with E-state index in [0.717, 1.165) is 35.7 Å². The average molecular weight is 253 g/mol. The van der Waals surface area contributed by atoms with Gasteiger partial charge >= 0.3 is 6.03 Å². The fraction of sp³-hybridized carbons (Fsp3) is 0.750. The quantitative estimate of drug-likeness (QED) is 0.617. The van der Waals surface area contributed by atoms with Crippen LogP contribution in [0, 0.1) is 11.8 Å². The monoisotopic (exact) mass is 253 g/mol. The third kappa shape index (κ3) is 2.01. The zero-order valence-electron chi connectivity index (χ0n) is 11.0. The van der Waals surface area contributed by atoms with Crippen LogP contribution in [0.5, 0.6) is 0 Å². The highest BCUT2D eigenvalue weighted by Gasteiger charge is 2.46. The first-order valence-electron chi connectivity index (χ1n) is 6.21. The Labute approximate surface area is 107 Å². The Hall–Kier alpha value is -1.43. The number of carbonyl (C=O) groups excluding carboxylic acids is 3. The van der Waals surface area contributed by atoms with Crippen LogP contribution < -0.4 is 0 Å². The summed E-state index contributed by atoms with van der Waals surface area (Å²) in [5.74, 6) is -1.32. The van der Waals surface area contributed by atoms with E-state index in [1.165, 1.54) is 14.1 Å². The molecular formula is C12H19N3O3. The Morgan fingerprint density at radius 3 is 1.78 bits per heavy atom. The number of nitrogens with zero attached hydrogens (tertiary/aromatic N) is 3. The maximum atomic E-state index is 12.1. The second-order valence-electron chi connectivity index (χ2n) is 5.20. The van der Waals surface area contributed by atoms with E-state index < -0.39 is 11.9 Å². The molecule has 0 aromatic heterocycles. The van der Waals surface area contributed by atoms with Crippen molar-refractivity contribution in [2.45, 2.75) is 12.8 Å². The molecule has 2 aliphatic heterocycles. The number of likely N-dealkylation sites (tertiary alicyclic amines) is 1. The highest BCUT2D eigenvalue weighted by Crippen LogP contribution is 2.30. The molecule has 2 rings (SSSR count). The number of rotatable bonds is 1. The molecule has 0 atom stereocenters. The molecule has 0 bridgehead atoms. The van der Waals surface area contributed by atoms with Crippen molar-refractivity contribution in [1.82, 2.24) is 14.7 Å². The minimum absolute atomic E-state index is 0.0548. The Kier molecular flexibility index (Phi) is 3.38.